The van der Waals surface area contributed by atoms with Gasteiger partial charge in [-0.3, -0.25) is 0 Å². The maximum absolute atomic E-state index is 6.00. The topological polar surface area (TPSA) is 26.0 Å². The van der Waals surface area contributed by atoms with Crippen LogP contribution in [0.2, 0.25) is 5.02 Å². The van der Waals surface area contributed by atoms with Gasteiger partial charge in [0.1, 0.15) is 0 Å². The van der Waals surface area contributed by atoms with Crippen molar-refractivity contribution in [1.82, 2.24) is 0 Å². The molecule has 1 aliphatic carbocycles. The van der Waals surface area contributed by atoms with E-state index in [0.29, 0.717) is 0 Å². The molecule has 2 heteroatoms. The molecule has 92 valence electrons. The third-order valence-electron chi connectivity index (χ3n) is 2.74. The lowest BCUT2D eigenvalue weighted by atomic mass is 10.1. The lowest BCUT2D eigenvalue weighted by molar-refractivity contribution is 1.11. The van der Waals surface area contributed by atoms with E-state index >= 15 is 0 Å². The van der Waals surface area contributed by atoms with Gasteiger partial charge in [0.15, 0.2) is 0 Å². The summed E-state index contributed by atoms with van der Waals surface area (Å²) in [5.41, 5.74) is 9.30. The molecule has 0 saturated heterocycles. The van der Waals surface area contributed by atoms with Crippen LogP contribution in [0.25, 0.3) is 0 Å². The first-order valence-electron chi connectivity index (χ1n) is 5.97. The van der Waals surface area contributed by atoms with E-state index in [-0.39, 0.29) is 0 Å². The third kappa shape index (κ3) is 3.94. The van der Waals surface area contributed by atoms with Crippen LogP contribution in [0.15, 0.2) is 72.0 Å². The number of nitrogens with two attached hydrogens (primary N) is 1. The highest BCUT2D eigenvalue weighted by molar-refractivity contribution is 6.30. The number of hydrogen-bond donors (Lipinski definition) is 1. The third-order valence-corrected chi connectivity index (χ3v) is 3.00. The first kappa shape index (κ1) is 12.7. The minimum atomic E-state index is 0.750. The molecule has 0 spiro atoms. The Morgan fingerprint density at radius 3 is 2.67 bits per heavy atom. The quantitative estimate of drug-likeness (QED) is 0.864. The van der Waals surface area contributed by atoms with Gasteiger partial charge in [0.2, 0.25) is 0 Å². The van der Waals surface area contributed by atoms with Gasteiger partial charge >= 0.3 is 0 Å². The Hall–Kier alpha value is -1.73. The van der Waals surface area contributed by atoms with E-state index in [2.05, 4.69) is 24.3 Å². The minimum absolute atomic E-state index is 0.750. The van der Waals surface area contributed by atoms with E-state index in [1.54, 1.807) is 0 Å². The van der Waals surface area contributed by atoms with Gasteiger partial charge < -0.3 is 5.73 Å². The molecule has 0 amide bonds. The predicted octanol–water partition coefficient (Wildman–Crippen LogP) is 4.17. The second kappa shape index (κ2) is 6.27. The average molecular weight is 258 g/mol. The summed E-state index contributed by atoms with van der Waals surface area (Å²) in [6.45, 7) is 0. The Morgan fingerprint density at radius 2 is 2.00 bits per heavy atom. The summed E-state index contributed by atoms with van der Waals surface area (Å²) in [7, 11) is 0. The summed E-state index contributed by atoms with van der Waals surface area (Å²) in [5, 5.41) is 0.752. The normalized spacial score (nSPS) is 17.4. The van der Waals surface area contributed by atoms with Crippen molar-refractivity contribution in [2.75, 3.05) is 0 Å². The molecule has 18 heavy (non-hydrogen) atoms. The molecule has 0 saturated carbocycles. The second-order valence-corrected chi connectivity index (χ2v) is 4.71. The Kier molecular flexibility index (Phi) is 4.43. The Labute approximate surface area is 113 Å². The maximum atomic E-state index is 6.00. The van der Waals surface area contributed by atoms with Gasteiger partial charge in [0.25, 0.3) is 0 Å². The molecule has 1 aliphatic rings. The van der Waals surface area contributed by atoms with Crippen LogP contribution >= 0.6 is 11.6 Å². The lowest BCUT2D eigenvalue weighted by Crippen LogP contribution is -2.00. The van der Waals surface area contributed by atoms with Crippen LogP contribution in [0.5, 0.6) is 0 Å². The molecule has 0 bridgehead atoms. The molecule has 1 aromatic carbocycles. The van der Waals surface area contributed by atoms with Crippen LogP contribution in [-0.4, -0.2) is 0 Å². The summed E-state index contributed by atoms with van der Waals surface area (Å²) in [5.74, 6) is 0. The van der Waals surface area contributed by atoms with Crippen LogP contribution in [0, 0.1) is 0 Å². The van der Waals surface area contributed by atoms with Crippen LogP contribution < -0.4 is 5.73 Å². The fourth-order valence-electron chi connectivity index (χ4n) is 1.76. The van der Waals surface area contributed by atoms with Crippen molar-refractivity contribution in [2.45, 2.75) is 12.8 Å². The van der Waals surface area contributed by atoms with Crippen LogP contribution in [0.3, 0.4) is 0 Å². The number of hydrogen-bond acceptors (Lipinski definition) is 1. The van der Waals surface area contributed by atoms with Gasteiger partial charge in [0, 0.05) is 17.1 Å². The number of halogens is 1. The molecular weight excluding hydrogens is 242 g/mol. The highest BCUT2D eigenvalue weighted by Gasteiger charge is 1.96. The fourth-order valence-corrected chi connectivity index (χ4v) is 1.89. The van der Waals surface area contributed by atoms with Gasteiger partial charge in [-0.15, -0.1) is 0 Å². The van der Waals surface area contributed by atoms with E-state index in [1.807, 2.05) is 36.4 Å². The van der Waals surface area contributed by atoms with E-state index in [4.69, 9.17) is 17.3 Å². The number of benzene rings is 1. The van der Waals surface area contributed by atoms with Crippen molar-refractivity contribution in [2.24, 2.45) is 5.73 Å². The highest BCUT2D eigenvalue weighted by atomic mass is 35.5. The molecule has 0 fully saturated rings. The smallest absolute Gasteiger partial charge is 0.0406 e. The van der Waals surface area contributed by atoms with Crippen molar-refractivity contribution in [3.63, 3.8) is 0 Å². The molecule has 2 N–H and O–H groups in total. The first-order chi connectivity index (χ1) is 8.74. The zero-order chi connectivity index (χ0) is 12.8. The van der Waals surface area contributed by atoms with E-state index in [1.165, 1.54) is 11.1 Å². The molecule has 2 rings (SSSR count). The zero-order valence-electron chi connectivity index (χ0n) is 10.1. The van der Waals surface area contributed by atoms with Crippen molar-refractivity contribution in [3.05, 3.63) is 82.6 Å². The highest BCUT2D eigenvalue weighted by Crippen LogP contribution is 2.13. The Morgan fingerprint density at radius 1 is 1.22 bits per heavy atom. The molecule has 0 aromatic heterocycles. The van der Waals surface area contributed by atoms with Gasteiger partial charge in [-0.25, -0.2) is 0 Å². The molecular formula is C16H16ClN. The molecule has 1 aromatic rings. The Balaban J connectivity index is 1.99. The number of allylic oxidation sites excluding steroid dienone is 8. The van der Waals surface area contributed by atoms with Gasteiger partial charge in [-0.1, -0.05) is 54.1 Å². The van der Waals surface area contributed by atoms with E-state index < -0.39 is 0 Å². The summed E-state index contributed by atoms with van der Waals surface area (Å²) < 4.78 is 0. The van der Waals surface area contributed by atoms with E-state index in [0.717, 1.165) is 23.6 Å². The van der Waals surface area contributed by atoms with Crippen LogP contribution in [0.4, 0.5) is 0 Å². The standard InChI is InChI=1S/C16H16ClN/c17-15-9-6-14(7-10-15)12-16(18)11-8-13-4-2-1-3-5-13/h1-4,6-11H,5,12,18H2/b13-8-,16-11-. The summed E-state index contributed by atoms with van der Waals surface area (Å²) in [4.78, 5) is 0. The van der Waals surface area contributed by atoms with Gasteiger partial charge in [-0.2, -0.15) is 0 Å². The Bertz CT molecular complexity index is 519. The monoisotopic (exact) mass is 257 g/mol. The summed E-state index contributed by atoms with van der Waals surface area (Å²) in [6.07, 6.45) is 14.1. The SMILES string of the molecule is N/C(=C\C=C1\C=CC=CC1)Cc1ccc(Cl)cc1. The minimum Gasteiger partial charge on any atom is -0.402 e. The average Bonchev–Trinajstić information content (AvgIpc) is 2.40. The van der Waals surface area contributed by atoms with Crippen LogP contribution in [0.1, 0.15) is 12.0 Å². The summed E-state index contributed by atoms with van der Waals surface area (Å²) >= 11 is 5.84. The lowest BCUT2D eigenvalue weighted by Gasteiger charge is -2.03. The van der Waals surface area contributed by atoms with Gasteiger partial charge in [0.05, 0.1) is 0 Å². The molecule has 0 atom stereocenters. The van der Waals surface area contributed by atoms with Crippen molar-refractivity contribution >= 4 is 11.6 Å². The fraction of sp³-hybridized carbons (Fsp3) is 0.125. The second-order valence-electron chi connectivity index (χ2n) is 4.28. The van der Waals surface area contributed by atoms with Crippen LogP contribution in [-0.2, 0) is 6.42 Å². The summed E-state index contributed by atoms with van der Waals surface area (Å²) in [6, 6.07) is 7.77. The molecule has 0 heterocycles. The van der Waals surface area contributed by atoms with Crippen molar-refractivity contribution in [1.29, 1.82) is 0 Å². The largest absolute Gasteiger partial charge is 0.402 e. The van der Waals surface area contributed by atoms with Gasteiger partial charge in [-0.05, 0) is 35.8 Å². The zero-order valence-corrected chi connectivity index (χ0v) is 10.9. The molecule has 0 unspecified atom stereocenters. The predicted molar refractivity (Wildman–Crippen MR) is 78.4 cm³/mol. The van der Waals surface area contributed by atoms with Crippen molar-refractivity contribution < 1.29 is 0 Å². The van der Waals surface area contributed by atoms with E-state index in [9.17, 15) is 0 Å². The molecule has 0 radical (unpaired) electrons. The number of rotatable bonds is 3. The maximum Gasteiger partial charge on any atom is 0.0406 e. The molecule has 0 aliphatic heterocycles. The molecule has 1 nitrogen and oxygen atoms in total. The van der Waals surface area contributed by atoms with Crippen molar-refractivity contribution in [3.8, 4) is 0 Å². The first-order valence-corrected chi connectivity index (χ1v) is 6.35.